The summed E-state index contributed by atoms with van der Waals surface area (Å²) in [7, 11) is 1.76. The molecule has 3 rings (SSSR count). The average Bonchev–Trinajstić information content (AvgIpc) is 3.03. The molecule has 1 aromatic carbocycles. The normalized spacial score (nSPS) is 21.9. The fraction of sp³-hybridized carbons (Fsp3) is 0.467. The lowest BCUT2D eigenvalue weighted by Crippen LogP contribution is -2.32. The molecule has 0 spiro atoms. The molecule has 2 aromatic rings. The Balaban J connectivity index is 1.70. The van der Waals surface area contributed by atoms with Gasteiger partial charge >= 0.3 is 0 Å². The number of nitrogens with one attached hydrogen (secondary N) is 1. The van der Waals surface area contributed by atoms with Crippen molar-refractivity contribution in [3.8, 4) is 0 Å². The van der Waals surface area contributed by atoms with E-state index < -0.39 is 0 Å². The van der Waals surface area contributed by atoms with Gasteiger partial charge in [-0.3, -0.25) is 4.79 Å². The molecule has 1 aliphatic carbocycles. The topological polar surface area (TPSA) is 75.0 Å². The fourth-order valence-corrected chi connectivity index (χ4v) is 2.96. The minimum Gasteiger partial charge on any atom is -0.340 e. The van der Waals surface area contributed by atoms with E-state index in [1.54, 1.807) is 18.0 Å². The van der Waals surface area contributed by atoms with Gasteiger partial charge in [-0.2, -0.15) is 0 Å². The van der Waals surface area contributed by atoms with E-state index in [1.807, 2.05) is 0 Å². The van der Waals surface area contributed by atoms with Gasteiger partial charge in [0.05, 0.1) is 17.6 Å². The maximum atomic E-state index is 13.2. The molecule has 2 atom stereocenters. The van der Waals surface area contributed by atoms with Gasteiger partial charge in [0, 0.05) is 19.0 Å². The van der Waals surface area contributed by atoms with Crippen molar-refractivity contribution in [3.05, 3.63) is 29.8 Å². The van der Waals surface area contributed by atoms with Crippen LogP contribution in [0.2, 0.25) is 0 Å². The zero-order valence-electron chi connectivity index (χ0n) is 12.0. The van der Waals surface area contributed by atoms with E-state index in [4.69, 9.17) is 5.73 Å². The van der Waals surface area contributed by atoms with Crippen molar-refractivity contribution in [1.82, 2.24) is 14.9 Å². The number of imidazole rings is 1. The molecule has 1 amide bonds. The van der Waals surface area contributed by atoms with E-state index in [-0.39, 0.29) is 23.7 Å². The first-order valence-corrected chi connectivity index (χ1v) is 7.17. The van der Waals surface area contributed by atoms with Gasteiger partial charge in [0.15, 0.2) is 0 Å². The highest BCUT2D eigenvalue weighted by Crippen LogP contribution is 2.26. The number of hydrogen-bond acceptors (Lipinski definition) is 3. The molecule has 1 heterocycles. The summed E-state index contributed by atoms with van der Waals surface area (Å²) in [4.78, 5) is 21.4. The molecule has 5 nitrogen and oxygen atoms in total. The molecule has 21 heavy (non-hydrogen) atoms. The van der Waals surface area contributed by atoms with Gasteiger partial charge in [0.1, 0.15) is 11.6 Å². The Morgan fingerprint density at radius 2 is 2.33 bits per heavy atom. The van der Waals surface area contributed by atoms with Crippen LogP contribution in [0.3, 0.4) is 0 Å². The summed E-state index contributed by atoms with van der Waals surface area (Å²) >= 11 is 0. The van der Waals surface area contributed by atoms with E-state index in [0.717, 1.165) is 19.3 Å². The number of aromatic amines is 1. The van der Waals surface area contributed by atoms with E-state index in [2.05, 4.69) is 9.97 Å². The van der Waals surface area contributed by atoms with Crippen LogP contribution in [-0.2, 0) is 11.3 Å². The van der Waals surface area contributed by atoms with E-state index in [0.29, 0.717) is 23.4 Å². The molecule has 0 radical (unpaired) electrons. The second-order valence-corrected chi connectivity index (χ2v) is 5.81. The molecule has 3 N–H and O–H groups in total. The van der Waals surface area contributed by atoms with Crippen molar-refractivity contribution in [2.24, 2.45) is 11.7 Å². The van der Waals surface area contributed by atoms with Crippen LogP contribution in [0.1, 0.15) is 25.1 Å². The van der Waals surface area contributed by atoms with Crippen LogP contribution >= 0.6 is 0 Å². The third-order valence-corrected chi connectivity index (χ3v) is 4.08. The van der Waals surface area contributed by atoms with E-state index in [9.17, 15) is 9.18 Å². The van der Waals surface area contributed by atoms with Gasteiger partial charge in [-0.15, -0.1) is 0 Å². The minimum atomic E-state index is -0.304. The number of nitrogens with two attached hydrogens (primary N) is 1. The van der Waals surface area contributed by atoms with Gasteiger partial charge in [-0.1, -0.05) is 0 Å². The number of rotatable bonds is 3. The second kappa shape index (κ2) is 5.44. The van der Waals surface area contributed by atoms with Gasteiger partial charge in [-0.25, -0.2) is 9.37 Å². The predicted octanol–water partition coefficient (Wildman–Crippen LogP) is 1.79. The van der Waals surface area contributed by atoms with Crippen molar-refractivity contribution in [1.29, 1.82) is 0 Å². The number of fused-ring (bicyclic) bond motifs is 1. The molecular formula is C15H19FN4O. The largest absolute Gasteiger partial charge is 0.340 e. The molecule has 1 aliphatic rings. The molecular weight excluding hydrogens is 271 g/mol. The maximum Gasteiger partial charge on any atom is 0.225 e. The predicted molar refractivity (Wildman–Crippen MR) is 77.8 cm³/mol. The van der Waals surface area contributed by atoms with Crippen LogP contribution in [0.5, 0.6) is 0 Å². The van der Waals surface area contributed by atoms with Crippen LogP contribution < -0.4 is 5.73 Å². The summed E-state index contributed by atoms with van der Waals surface area (Å²) in [6.45, 7) is 0.390. The average molecular weight is 290 g/mol. The summed E-state index contributed by atoms with van der Waals surface area (Å²) in [5, 5.41) is 0. The molecule has 1 saturated carbocycles. The summed E-state index contributed by atoms with van der Waals surface area (Å²) in [5.41, 5.74) is 7.21. The summed E-state index contributed by atoms with van der Waals surface area (Å²) in [6.07, 6.45) is 2.53. The molecule has 6 heteroatoms. The van der Waals surface area contributed by atoms with E-state index in [1.165, 1.54) is 12.1 Å². The summed E-state index contributed by atoms with van der Waals surface area (Å²) in [6, 6.07) is 4.55. The first-order valence-electron chi connectivity index (χ1n) is 7.17. The summed E-state index contributed by atoms with van der Waals surface area (Å²) < 4.78 is 13.2. The number of benzene rings is 1. The third-order valence-electron chi connectivity index (χ3n) is 4.08. The number of hydrogen-bond donors (Lipinski definition) is 2. The third kappa shape index (κ3) is 2.90. The summed E-state index contributed by atoms with van der Waals surface area (Å²) in [5.74, 6) is 0.484. The van der Waals surface area contributed by atoms with Crippen molar-refractivity contribution < 1.29 is 9.18 Å². The first-order chi connectivity index (χ1) is 10.0. The Bertz CT molecular complexity index is 669. The SMILES string of the molecule is CN(Cc1nc2ccc(F)cc2[nH]1)C(=O)C1CCC(N)C1. The Kier molecular flexibility index (Phi) is 3.63. The van der Waals surface area contributed by atoms with Crippen LogP contribution in [0.15, 0.2) is 18.2 Å². The molecule has 0 saturated heterocycles. The van der Waals surface area contributed by atoms with Crippen LogP contribution in [0.25, 0.3) is 11.0 Å². The van der Waals surface area contributed by atoms with Crippen molar-refractivity contribution >= 4 is 16.9 Å². The molecule has 2 unspecified atom stereocenters. The molecule has 1 fully saturated rings. The number of amides is 1. The molecule has 112 valence electrons. The quantitative estimate of drug-likeness (QED) is 0.905. The molecule has 1 aromatic heterocycles. The standard InChI is InChI=1S/C15H19FN4O/c1-20(15(21)9-2-4-11(17)6-9)8-14-18-12-5-3-10(16)7-13(12)19-14/h3,5,7,9,11H,2,4,6,8,17H2,1H3,(H,18,19). The van der Waals surface area contributed by atoms with Gasteiger partial charge in [-0.05, 0) is 37.5 Å². The number of H-pyrrole nitrogens is 1. The highest BCUT2D eigenvalue weighted by molar-refractivity contribution is 5.79. The zero-order valence-corrected chi connectivity index (χ0v) is 12.0. The van der Waals surface area contributed by atoms with Gasteiger partial charge < -0.3 is 15.6 Å². The number of halogens is 1. The number of aromatic nitrogens is 2. The molecule has 0 bridgehead atoms. The number of nitrogens with zero attached hydrogens (tertiary/aromatic N) is 2. The van der Waals surface area contributed by atoms with Crippen LogP contribution in [-0.4, -0.2) is 33.9 Å². The van der Waals surface area contributed by atoms with Crippen molar-refractivity contribution in [3.63, 3.8) is 0 Å². The lowest BCUT2D eigenvalue weighted by atomic mass is 10.1. The highest BCUT2D eigenvalue weighted by Gasteiger charge is 2.30. The zero-order chi connectivity index (χ0) is 15.0. The highest BCUT2D eigenvalue weighted by atomic mass is 19.1. The van der Waals surface area contributed by atoms with Crippen molar-refractivity contribution in [2.45, 2.75) is 31.8 Å². The minimum absolute atomic E-state index is 0.0202. The first kappa shape index (κ1) is 14.0. The Morgan fingerprint density at radius 3 is 3.05 bits per heavy atom. The Morgan fingerprint density at radius 1 is 1.52 bits per heavy atom. The van der Waals surface area contributed by atoms with Crippen LogP contribution in [0, 0.1) is 11.7 Å². The van der Waals surface area contributed by atoms with Crippen LogP contribution in [0.4, 0.5) is 4.39 Å². The van der Waals surface area contributed by atoms with Gasteiger partial charge in [0.25, 0.3) is 0 Å². The van der Waals surface area contributed by atoms with Gasteiger partial charge in [0.2, 0.25) is 5.91 Å². The monoisotopic (exact) mass is 290 g/mol. The van der Waals surface area contributed by atoms with E-state index >= 15 is 0 Å². The molecule has 0 aliphatic heterocycles. The number of carbonyl (C=O) groups excluding carboxylic acids is 1. The Hall–Kier alpha value is -1.95. The Labute approximate surface area is 122 Å². The lowest BCUT2D eigenvalue weighted by molar-refractivity contribution is -0.134. The lowest BCUT2D eigenvalue weighted by Gasteiger charge is -2.19. The fourth-order valence-electron chi connectivity index (χ4n) is 2.96. The number of carbonyl (C=O) groups is 1. The maximum absolute atomic E-state index is 13.2. The van der Waals surface area contributed by atoms with Crippen molar-refractivity contribution in [2.75, 3.05) is 7.05 Å². The smallest absolute Gasteiger partial charge is 0.225 e. The second-order valence-electron chi connectivity index (χ2n) is 5.81.